The van der Waals surface area contributed by atoms with Crippen LogP contribution in [0.3, 0.4) is 0 Å². The lowest BCUT2D eigenvalue weighted by atomic mass is 10.1. The third-order valence-electron chi connectivity index (χ3n) is 2.48. The van der Waals surface area contributed by atoms with E-state index < -0.39 is 6.04 Å². The standard InChI is InChI=1S/C10H18N2O3/c1-7(11)10(14)12-5-3-9(4-6-12)15-8(2)13/h7,9H,3-6,11H2,1-2H3/t7-/m0/s1. The highest BCUT2D eigenvalue weighted by Crippen LogP contribution is 2.14. The Bertz CT molecular complexity index is 245. The minimum absolute atomic E-state index is 0.0312. The summed E-state index contributed by atoms with van der Waals surface area (Å²) in [6, 6.07) is -0.449. The molecule has 1 rings (SSSR count). The van der Waals surface area contributed by atoms with Gasteiger partial charge in [-0.2, -0.15) is 0 Å². The minimum atomic E-state index is -0.449. The molecule has 0 aromatic rings. The van der Waals surface area contributed by atoms with Gasteiger partial charge in [-0.3, -0.25) is 9.59 Å². The van der Waals surface area contributed by atoms with E-state index in [1.807, 2.05) is 0 Å². The number of amides is 1. The maximum Gasteiger partial charge on any atom is 0.302 e. The largest absolute Gasteiger partial charge is 0.462 e. The third kappa shape index (κ3) is 3.51. The summed E-state index contributed by atoms with van der Waals surface area (Å²) in [5, 5.41) is 0. The molecular formula is C10H18N2O3. The third-order valence-corrected chi connectivity index (χ3v) is 2.48. The molecule has 5 nitrogen and oxygen atoms in total. The van der Waals surface area contributed by atoms with Crippen molar-refractivity contribution < 1.29 is 14.3 Å². The van der Waals surface area contributed by atoms with E-state index in [-0.39, 0.29) is 18.0 Å². The lowest BCUT2D eigenvalue weighted by Crippen LogP contribution is -2.47. The van der Waals surface area contributed by atoms with Crippen LogP contribution in [-0.2, 0) is 14.3 Å². The molecule has 0 spiro atoms. The Morgan fingerprint density at radius 2 is 1.93 bits per heavy atom. The first-order valence-electron chi connectivity index (χ1n) is 5.22. The lowest BCUT2D eigenvalue weighted by molar-refractivity contribution is -0.149. The molecule has 0 saturated carbocycles. The molecule has 2 N–H and O–H groups in total. The van der Waals surface area contributed by atoms with Crippen molar-refractivity contribution in [3.63, 3.8) is 0 Å². The van der Waals surface area contributed by atoms with Gasteiger partial charge < -0.3 is 15.4 Å². The molecule has 1 aliphatic rings. The van der Waals surface area contributed by atoms with Gasteiger partial charge in [0.2, 0.25) is 5.91 Å². The molecule has 1 amide bonds. The lowest BCUT2D eigenvalue weighted by Gasteiger charge is -2.32. The second kappa shape index (κ2) is 5.11. The molecule has 0 aromatic heterocycles. The molecule has 1 heterocycles. The highest BCUT2D eigenvalue weighted by Gasteiger charge is 2.25. The number of ether oxygens (including phenoxy) is 1. The Balaban J connectivity index is 2.35. The van der Waals surface area contributed by atoms with Gasteiger partial charge in [0.15, 0.2) is 0 Å². The van der Waals surface area contributed by atoms with Gasteiger partial charge in [0, 0.05) is 32.9 Å². The van der Waals surface area contributed by atoms with Crippen molar-refractivity contribution in [2.24, 2.45) is 5.73 Å². The molecular weight excluding hydrogens is 196 g/mol. The van der Waals surface area contributed by atoms with Crippen LogP contribution in [0.25, 0.3) is 0 Å². The molecule has 0 unspecified atom stereocenters. The zero-order valence-electron chi connectivity index (χ0n) is 9.23. The number of carbonyl (C=O) groups excluding carboxylic acids is 2. The summed E-state index contributed by atoms with van der Waals surface area (Å²) in [6.45, 7) is 4.33. The van der Waals surface area contributed by atoms with Crippen LogP contribution in [0, 0.1) is 0 Å². The maximum atomic E-state index is 11.5. The number of esters is 1. The van der Waals surface area contributed by atoms with Crippen LogP contribution in [0.5, 0.6) is 0 Å². The van der Waals surface area contributed by atoms with E-state index in [4.69, 9.17) is 10.5 Å². The van der Waals surface area contributed by atoms with E-state index in [0.717, 1.165) is 0 Å². The predicted molar refractivity (Wildman–Crippen MR) is 55.0 cm³/mol. The Kier molecular flexibility index (Phi) is 4.08. The average molecular weight is 214 g/mol. The molecule has 1 fully saturated rings. The number of carbonyl (C=O) groups is 2. The zero-order valence-corrected chi connectivity index (χ0v) is 9.23. The van der Waals surface area contributed by atoms with Crippen molar-refractivity contribution in [1.82, 2.24) is 4.90 Å². The number of nitrogens with two attached hydrogens (primary N) is 1. The van der Waals surface area contributed by atoms with Gasteiger partial charge in [-0.15, -0.1) is 0 Å². The number of rotatable bonds is 2. The van der Waals surface area contributed by atoms with Gasteiger partial charge in [0.05, 0.1) is 6.04 Å². The fourth-order valence-corrected chi connectivity index (χ4v) is 1.72. The van der Waals surface area contributed by atoms with Crippen molar-refractivity contribution in [2.45, 2.75) is 38.8 Å². The van der Waals surface area contributed by atoms with E-state index in [9.17, 15) is 9.59 Å². The van der Waals surface area contributed by atoms with Crippen molar-refractivity contribution in [1.29, 1.82) is 0 Å². The van der Waals surface area contributed by atoms with Crippen molar-refractivity contribution in [2.75, 3.05) is 13.1 Å². The number of nitrogens with zero attached hydrogens (tertiary/aromatic N) is 1. The molecule has 86 valence electrons. The van der Waals surface area contributed by atoms with E-state index in [1.165, 1.54) is 6.92 Å². The Labute approximate surface area is 89.6 Å². The predicted octanol–water partition coefficient (Wildman–Crippen LogP) is -0.112. The van der Waals surface area contributed by atoms with Gasteiger partial charge in [-0.1, -0.05) is 0 Å². The summed E-state index contributed by atoms with van der Waals surface area (Å²) in [6.07, 6.45) is 1.37. The van der Waals surface area contributed by atoms with Crippen LogP contribution in [-0.4, -0.2) is 42.0 Å². The van der Waals surface area contributed by atoms with Crippen LogP contribution in [0.1, 0.15) is 26.7 Å². The number of hydrogen-bond donors (Lipinski definition) is 1. The van der Waals surface area contributed by atoms with Crippen LogP contribution in [0.2, 0.25) is 0 Å². The Morgan fingerprint density at radius 1 is 1.40 bits per heavy atom. The van der Waals surface area contributed by atoms with Crippen molar-refractivity contribution in [3.8, 4) is 0 Å². The molecule has 5 heteroatoms. The summed E-state index contributed by atoms with van der Waals surface area (Å²) in [5.74, 6) is -0.289. The SMILES string of the molecule is CC(=O)OC1CCN(C(=O)[C@H](C)N)CC1. The number of likely N-dealkylation sites (tertiary alicyclic amines) is 1. The van der Waals surface area contributed by atoms with Gasteiger partial charge in [0.1, 0.15) is 6.10 Å². The number of piperidine rings is 1. The Hall–Kier alpha value is -1.10. The molecule has 0 bridgehead atoms. The summed E-state index contributed by atoms with van der Waals surface area (Å²) in [5.41, 5.74) is 5.51. The summed E-state index contributed by atoms with van der Waals surface area (Å²) < 4.78 is 5.07. The van der Waals surface area contributed by atoms with Crippen molar-refractivity contribution in [3.05, 3.63) is 0 Å². The van der Waals surface area contributed by atoms with Crippen LogP contribution < -0.4 is 5.73 Å². The average Bonchev–Trinajstić information content (AvgIpc) is 2.17. The fourth-order valence-electron chi connectivity index (χ4n) is 1.72. The van der Waals surface area contributed by atoms with Crippen LogP contribution >= 0.6 is 0 Å². The molecule has 1 saturated heterocycles. The topological polar surface area (TPSA) is 72.6 Å². The van der Waals surface area contributed by atoms with E-state index in [0.29, 0.717) is 25.9 Å². The maximum absolute atomic E-state index is 11.5. The normalized spacial score (nSPS) is 19.8. The van der Waals surface area contributed by atoms with Gasteiger partial charge in [-0.25, -0.2) is 0 Å². The Morgan fingerprint density at radius 3 is 2.33 bits per heavy atom. The first-order valence-corrected chi connectivity index (χ1v) is 5.22. The first-order chi connectivity index (χ1) is 7.00. The molecule has 0 radical (unpaired) electrons. The van der Waals surface area contributed by atoms with Crippen LogP contribution in [0.15, 0.2) is 0 Å². The highest BCUT2D eigenvalue weighted by molar-refractivity contribution is 5.81. The van der Waals surface area contributed by atoms with Crippen LogP contribution in [0.4, 0.5) is 0 Å². The van der Waals surface area contributed by atoms with E-state index in [2.05, 4.69) is 0 Å². The summed E-state index contributed by atoms with van der Waals surface area (Å²) in [7, 11) is 0. The molecule has 1 aliphatic heterocycles. The van der Waals surface area contributed by atoms with Gasteiger partial charge >= 0.3 is 5.97 Å². The first kappa shape index (κ1) is 12.0. The molecule has 0 aromatic carbocycles. The fraction of sp³-hybridized carbons (Fsp3) is 0.800. The van der Waals surface area contributed by atoms with Crippen molar-refractivity contribution >= 4 is 11.9 Å². The number of hydrogen-bond acceptors (Lipinski definition) is 4. The molecule has 0 aliphatic carbocycles. The second-order valence-electron chi connectivity index (χ2n) is 3.92. The van der Waals surface area contributed by atoms with E-state index in [1.54, 1.807) is 11.8 Å². The summed E-state index contributed by atoms with van der Waals surface area (Å²) in [4.78, 5) is 24.0. The minimum Gasteiger partial charge on any atom is -0.462 e. The smallest absolute Gasteiger partial charge is 0.302 e. The second-order valence-corrected chi connectivity index (χ2v) is 3.92. The zero-order chi connectivity index (χ0) is 11.4. The molecule has 1 atom stereocenters. The van der Waals surface area contributed by atoms with E-state index >= 15 is 0 Å². The summed E-state index contributed by atoms with van der Waals surface area (Å²) >= 11 is 0. The molecule has 15 heavy (non-hydrogen) atoms. The monoisotopic (exact) mass is 214 g/mol. The van der Waals surface area contributed by atoms with Gasteiger partial charge in [-0.05, 0) is 6.92 Å². The highest BCUT2D eigenvalue weighted by atomic mass is 16.5. The quantitative estimate of drug-likeness (QED) is 0.651. The van der Waals surface area contributed by atoms with Gasteiger partial charge in [0.25, 0.3) is 0 Å².